The number of benzene rings is 1. The monoisotopic (exact) mass is 431 g/mol. The minimum atomic E-state index is 0. The van der Waals surface area contributed by atoms with Crippen molar-refractivity contribution >= 4 is 29.9 Å². The summed E-state index contributed by atoms with van der Waals surface area (Å²) in [4.78, 5) is 4.46. The van der Waals surface area contributed by atoms with Crippen molar-refractivity contribution < 1.29 is 14.3 Å². The van der Waals surface area contributed by atoms with Crippen molar-refractivity contribution in [3.05, 3.63) is 47.9 Å². The summed E-state index contributed by atoms with van der Waals surface area (Å²) in [6, 6.07) is 8.82. The van der Waals surface area contributed by atoms with Crippen molar-refractivity contribution in [1.29, 1.82) is 0 Å². The molecule has 1 aromatic heterocycles. The van der Waals surface area contributed by atoms with E-state index in [-0.39, 0.29) is 29.7 Å². The molecule has 6 nitrogen and oxygen atoms in total. The lowest BCUT2D eigenvalue weighted by Gasteiger charge is -2.11. The van der Waals surface area contributed by atoms with Crippen molar-refractivity contribution in [2.45, 2.75) is 20.0 Å². The molecule has 0 spiro atoms. The predicted octanol–water partition coefficient (Wildman–Crippen LogP) is 2.87. The molecule has 0 amide bonds. The van der Waals surface area contributed by atoms with Gasteiger partial charge in [-0.2, -0.15) is 0 Å². The molecule has 126 valence electrons. The number of rotatable bonds is 6. The topological polar surface area (TPSA) is 79.0 Å². The van der Waals surface area contributed by atoms with Gasteiger partial charge in [0.2, 0.25) is 0 Å². The van der Waals surface area contributed by atoms with E-state index < -0.39 is 0 Å². The first kappa shape index (κ1) is 19.1. The summed E-state index contributed by atoms with van der Waals surface area (Å²) in [5.74, 6) is 2.37. The second-order valence-electron chi connectivity index (χ2n) is 4.62. The molecule has 0 radical (unpaired) electrons. The molecule has 3 N–H and O–H groups in total. The number of halogens is 1. The SMILES string of the molecule is CCNC(=NCc1cc(OC)ccc1O)NCc1ccco1.I. The first-order chi connectivity index (χ1) is 10.7. The Morgan fingerprint density at radius 3 is 2.78 bits per heavy atom. The Kier molecular flexibility index (Phi) is 8.31. The molecule has 2 aromatic rings. The third-order valence-corrected chi connectivity index (χ3v) is 3.05. The predicted molar refractivity (Wildman–Crippen MR) is 100 cm³/mol. The summed E-state index contributed by atoms with van der Waals surface area (Å²) in [5, 5.41) is 16.2. The van der Waals surface area contributed by atoms with Crippen LogP contribution < -0.4 is 15.4 Å². The summed E-state index contributed by atoms with van der Waals surface area (Å²) in [7, 11) is 1.59. The third-order valence-electron chi connectivity index (χ3n) is 3.05. The first-order valence-corrected chi connectivity index (χ1v) is 7.13. The Balaban J connectivity index is 0.00000264. The van der Waals surface area contributed by atoms with Gasteiger partial charge in [0.05, 0.1) is 26.5 Å². The minimum absolute atomic E-state index is 0. The number of phenols is 1. The maximum absolute atomic E-state index is 9.87. The Labute approximate surface area is 153 Å². The van der Waals surface area contributed by atoms with Crippen LogP contribution in [0, 0.1) is 0 Å². The molecule has 0 aliphatic rings. The van der Waals surface area contributed by atoms with Crippen LogP contribution in [-0.2, 0) is 13.1 Å². The zero-order valence-electron chi connectivity index (χ0n) is 13.2. The number of hydrogen-bond donors (Lipinski definition) is 3. The molecule has 7 heteroatoms. The van der Waals surface area contributed by atoms with Crippen molar-refractivity contribution in [2.75, 3.05) is 13.7 Å². The van der Waals surface area contributed by atoms with Gasteiger partial charge in [0.25, 0.3) is 0 Å². The van der Waals surface area contributed by atoms with Gasteiger partial charge in [-0.1, -0.05) is 0 Å². The molecule has 0 saturated heterocycles. The lowest BCUT2D eigenvalue weighted by atomic mass is 10.2. The van der Waals surface area contributed by atoms with E-state index in [2.05, 4.69) is 15.6 Å². The largest absolute Gasteiger partial charge is 0.508 e. The fourth-order valence-electron chi connectivity index (χ4n) is 1.91. The van der Waals surface area contributed by atoms with Gasteiger partial charge in [-0.25, -0.2) is 4.99 Å². The van der Waals surface area contributed by atoms with Crippen LogP contribution >= 0.6 is 24.0 Å². The van der Waals surface area contributed by atoms with Crippen molar-refractivity contribution in [1.82, 2.24) is 10.6 Å². The Hall–Kier alpha value is -1.90. The average Bonchev–Trinajstić information content (AvgIpc) is 3.05. The van der Waals surface area contributed by atoms with Crippen molar-refractivity contribution in [3.63, 3.8) is 0 Å². The lowest BCUT2D eigenvalue weighted by molar-refractivity contribution is 0.411. The number of aliphatic imine (C=N–C) groups is 1. The highest BCUT2D eigenvalue weighted by atomic mass is 127. The van der Waals surface area contributed by atoms with Crippen LogP contribution in [-0.4, -0.2) is 24.7 Å². The van der Waals surface area contributed by atoms with Gasteiger partial charge in [-0.3, -0.25) is 0 Å². The maximum atomic E-state index is 9.87. The third kappa shape index (κ3) is 6.01. The molecule has 1 aromatic carbocycles. The maximum Gasteiger partial charge on any atom is 0.191 e. The molecule has 23 heavy (non-hydrogen) atoms. The zero-order valence-corrected chi connectivity index (χ0v) is 15.5. The Morgan fingerprint density at radius 1 is 1.30 bits per heavy atom. The summed E-state index contributed by atoms with van der Waals surface area (Å²) < 4.78 is 10.4. The molecule has 1 heterocycles. The van der Waals surface area contributed by atoms with Gasteiger partial charge >= 0.3 is 0 Å². The summed E-state index contributed by atoms with van der Waals surface area (Å²) >= 11 is 0. The molecular formula is C16H22IN3O3. The number of ether oxygens (including phenoxy) is 1. The number of phenolic OH excluding ortho intramolecular Hbond substituents is 1. The van der Waals surface area contributed by atoms with Gasteiger partial charge < -0.3 is 24.9 Å². The summed E-state index contributed by atoms with van der Waals surface area (Å²) in [5.41, 5.74) is 0.703. The normalized spacial score (nSPS) is 10.8. The number of methoxy groups -OCH3 is 1. The molecule has 0 aliphatic carbocycles. The molecule has 0 unspecified atom stereocenters. The van der Waals surface area contributed by atoms with Crippen LogP contribution in [0.25, 0.3) is 0 Å². The minimum Gasteiger partial charge on any atom is -0.508 e. The first-order valence-electron chi connectivity index (χ1n) is 7.13. The van der Waals surface area contributed by atoms with Crippen LogP contribution in [0.2, 0.25) is 0 Å². The van der Waals surface area contributed by atoms with Crippen LogP contribution in [0.4, 0.5) is 0 Å². The molecule has 0 aliphatic heterocycles. The van der Waals surface area contributed by atoms with E-state index in [1.807, 2.05) is 19.1 Å². The Bertz CT molecular complexity index is 615. The van der Waals surface area contributed by atoms with E-state index in [0.29, 0.717) is 30.4 Å². The van der Waals surface area contributed by atoms with Gasteiger partial charge in [0.15, 0.2) is 5.96 Å². The van der Waals surface area contributed by atoms with Gasteiger partial charge in [-0.15, -0.1) is 24.0 Å². The lowest BCUT2D eigenvalue weighted by Crippen LogP contribution is -2.36. The van der Waals surface area contributed by atoms with Gasteiger partial charge in [0.1, 0.15) is 17.3 Å². The second-order valence-corrected chi connectivity index (χ2v) is 4.62. The smallest absolute Gasteiger partial charge is 0.191 e. The number of nitrogens with one attached hydrogen (secondary N) is 2. The molecular weight excluding hydrogens is 409 g/mol. The number of guanidine groups is 1. The second kappa shape index (κ2) is 9.98. The molecule has 0 fully saturated rings. The highest BCUT2D eigenvalue weighted by molar-refractivity contribution is 14.0. The van der Waals surface area contributed by atoms with E-state index in [1.165, 1.54) is 0 Å². The fourth-order valence-corrected chi connectivity index (χ4v) is 1.91. The van der Waals surface area contributed by atoms with Gasteiger partial charge in [0, 0.05) is 12.1 Å². The van der Waals surface area contributed by atoms with E-state index in [9.17, 15) is 5.11 Å². The molecule has 0 bridgehead atoms. The number of nitrogens with zero attached hydrogens (tertiary/aromatic N) is 1. The molecule has 0 saturated carbocycles. The van der Waals surface area contributed by atoms with Crippen molar-refractivity contribution in [2.24, 2.45) is 4.99 Å². The summed E-state index contributed by atoms with van der Waals surface area (Å²) in [6.07, 6.45) is 1.63. The standard InChI is InChI=1S/C16H21N3O3.HI/c1-3-17-16(19-11-14-5-4-8-22-14)18-10-12-9-13(21-2)6-7-15(12)20;/h4-9,20H,3,10-11H2,1-2H3,(H2,17,18,19);1H. The number of aromatic hydroxyl groups is 1. The van der Waals surface area contributed by atoms with Crippen LogP contribution in [0.5, 0.6) is 11.5 Å². The Morgan fingerprint density at radius 2 is 2.13 bits per heavy atom. The molecule has 2 rings (SSSR count). The zero-order chi connectivity index (χ0) is 15.8. The quantitative estimate of drug-likeness (QED) is 0.373. The average molecular weight is 431 g/mol. The van der Waals surface area contributed by atoms with E-state index >= 15 is 0 Å². The van der Waals surface area contributed by atoms with E-state index in [0.717, 1.165) is 12.3 Å². The summed E-state index contributed by atoms with van der Waals surface area (Å²) in [6.45, 7) is 3.63. The van der Waals surface area contributed by atoms with Crippen LogP contribution in [0.3, 0.4) is 0 Å². The van der Waals surface area contributed by atoms with E-state index in [1.54, 1.807) is 31.6 Å². The molecule has 0 atom stereocenters. The fraction of sp³-hybridized carbons (Fsp3) is 0.312. The highest BCUT2D eigenvalue weighted by Crippen LogP contribution is 2.23. The van der Waals surface area contributed by atoms with Crippen LogP contribution in [0.1, 0.15) is 18.2 Å². The van der Waals surface area contributed by atoms with Gasteiger partial charge in [-0.05, 0) is 37.3 Å². The number of furan rings is 1. The van der Waals surface area contributed by atoms with E-state index in [4.69, 9.17) is 9.15 Å². The number of hydrogen-bond acceptors (Lipinski definition) is 4. The van der Waals surface area contributed by atoms with Crippen molar-refractivity contribution in [3.8, 4) is 11.5 Å². The van der Waals surface area contributed by atoms with Crippen LogP contribution in [0.15, 0.2) is 46.0 Å². The highest BCUT2D eigenvalue weighted by Gasteiger charge is 2.04.